The zero-order valence-electron chi connectivity index (χ0n) is 19.4. The van der Waals surface area contributed by atoms with Gasteiger partial charge in [0.05, 0.1) is 18.3 Å². The van der Waals surface area contributed by atoms with Crippen molar-refractivity contribution in [3.63, 3.8) is 0 Å². The predicted molar refractivity (Wildman–Crippen MR) is 123 cm³/mol. The maximum atomic E-state index is 11.9. The predicted octanol–water partition coefficient (Wildman–Crippen LogP) is 7.10. The maximum absolute atomic E-state index is 11.9. The van der Waals surface area contributed by atoms with Gasteiger partial charge in [0.15, 0.2) is 0 Å². The van der Waals surface area contributed by atoms with Gasteiger partial charge in [-0.3, -0.25) is 0 Å². The van der Waals surface area contributed by atoms with Crippen LogP contribution in [-0.2, 0) is 14.3 Å². The molecule has 164 valence electrons. The molecule has 0 aromatic rings. The van der Waals surface area contributed by atoms with Gasteiger partial charge < -0.3 is 9.47 Å². The number of ether oxygens (including phenoxy) is 2. The molecule has 2 atom stereocenters. The Labute approximate surface area is 178 Å². The van der Waals surface area contributed by atoms with E-state index in [0.717, 1.165) is 51.4 Å². The molecule has 0 saturated carbocycles. The number of hydrogen-bond donors (Lipinski definition) is 0. The fraction of sp³-hybridized carbons (Fsp3) is 0.654. The molecule has 0 amide bonds. The summed E-state index contributed by atoms with van der Waals surface area (Å²) in [4.78, 5) is 11.9. The fourth-order valence-corrected chi connectivity index (χ4v) is 3.63. The summed E-state index contributed by atoms with van der Waals surface area (Å²) in [7, 11) is 0. The SMILES string of the molecule is C=C(C(=O)OCC)[C@H]1C[C@H](CC/C=C(\C)CC/C=C(\C)CCC=C(C)C)CCO1. The Bertz CT molecular complexity index is 605. The molecule has 1 heterocycles. The van der Waals surface area contributed by atoms with E-state index in [2.05, 4.69) is 52.5 Å². The Morgan fingerprint density at radius 1 is 1.03 bits per heavy atom. The molecule has 1 saturated heterocycles. The minimum Gasteiger partial charge on any atom is -0.463 e. The lowest BCUT2D eigenvalue weighted by atomic mass is 9.88. The third-order valence-corrected chi connectivity index (χ3v) is 5.51. The van der Waals surface area contributed by atoms with Crippen molar-refractivity contribution in [1.82, 2.24) is 0 Å². The summed E-state index contributed by atoms with van der Waals surface area (Å²) in [6, 6.07) is 0. The van der Waals surface area contributed by atoms with Crippen molar-refractivity contribution in [2.75, 3.05) is 13.2 Å². The third-order valence-electron chi connectivity index (χ3n) is 5.51. The average Bonchev–Trinajstić information content (AvgIpc) is 2.67. The minimum atomic E-state index is -0.321. The molecule has 3 heteroatoms. The summed E-state index contributed by atoms with van der Waals surface area (Å²) < 4.78 is 10.8. The molecule has 29 heavy (non-hydrogen) atoms. The lowest BCUT2D eigenvalue weighted by Gasteiger charge is -2.30. The van der Waals surface area contributed by atoms with E-state index in [1.807, 2.05) is 6.92 Å². The van der Waals surface area contributed by atoms with Crippen molar-refractivity contribution >= 4 is 5.97 Å². The molecule has 0 aromatic heterocycles. The summed E-state index contributed by atoms with van der Waals surface area (Å²) in [5.74, 6) is 0.263. The van der Waals surface area contributed by atoms with Crippen LogP contribution in [0.25, 0.3) is 0 Å². The molecule has 0 bridgehead atoms. The van der Waals surface area contributed by atoms with E-state index in [-0.39, 0.29) is 12.1 Å². The van der Waals surface area contributed by atoms with Crippen LogP contribution < -0.4 is 0 Å². The van der Waals surface area contributed by atoms with Crippen LogP contribution in [0.5, 0.6) is 0 Å². The second-order valence-electron chi connectivity index (χ2n) is 8.53. The van der Waals surface area contributed by atoms with Gasteiger partial charge in [-0.25, -0.2) is 4.79 Å². The Kier molecular flexibility index (Phi) is 12.6. The van der Waals surface area contributed by atoms with Crippen molar-refractivity contribution in [3.05, 3.63) is 47.1 Å². The van der Waals surface area contributed by atoms with Crippen molar-refractivity contribution in [3.8, 4) is 0 Å². The van der Waals surface area contributed by atoms with Gasteiger partial charge >= 0.3 is 5.97 Å². The Morgan fingerprint density at radius 2 is 1.66 bits per heavy atom. The van der Waals surface area contributed by atoms with E-state index in [1.165, 1.54) is 16.7 Å². The van der Waals surface area contributed by atoms with Crippen LogP contribution in [0.1, 0.15) is 86.0 Å². The van der Waals surface area contributed by atoms with Crippen molar-refractivity contribution in [2.45, 2.75) is 92.1 Å². The highest BCUT2D eigenvalue weighted by atomic mass is 16.5. The van der Waals surface area contributed by atoms with Gasteiger partial charge in [0.2, 0.25) is 0 Å². The van der Waals surface area contributed by atoms with E-state index in [9.17, 15) is 4.79 Å². The highest BCUT2D eigenvalue weighted by Crippen LogP contribution is 2.28. The van der Waals surface area contributed by atoms with Gasteiger partial charge in [-0.1, -0.05) is 41.5 Å². The molecule has 0 aliphatic carbocycles. The minimum absolute atomic E-state index is 0.183. The first-order valence-corrected chi connectivity index (χ1v) is 11.3. The zero-order chi connectivity index (χ0) is 21.6. The van der Waals surface area contributed by atoms with Crippen LogP contribution in [0, 0.1) is 5.92 Å². The zero-order valence-corrected chi connectivity index (χ0v) is 19.4. The molecule has 1 aliphatic heterocycles. The lowest BCUT2D eigenvalue weighted by Crippen LogP contribution is -2.30. The Hall–Kier alpha value is -1.61. The van der Waals surface area contributed by atoms with E-state index in [0.29, 0.717) is 24.7 Å². The number of allylic oxidation sites excluding steroid dienone is 6. The normalized spacial score (nSPS) is 20.3. The number of esters is 1. The first kappa shape index (κ1) is 25.4. The fourth-order valence-electron chi connectivity index (χ4n) is 3.63. The van der Waals surface area contributed by atoms with Crippen LogP contribution in [0.3, 0.4) is 0 Å². The number of carbonyl (C=O) groups excluding carboxylic acids is 1. The standard InChI is InChI=1S/C26H42O3/c1-7-28-26(27)23(6)25-19-24(17-18-29-25)16-10-15-22(5)14-9-13-21(4)12-8-11-20(2)3/h11,13,15,24-25H,6-10,12,14,16-19H2,1-5H3/b21-13+,22-15+/t24-,25-/m1/s1. The second-order valence-corrected chi connectivity index (χ2v) is 8.53. The highest BCUT2D eigenvalue weighted by Gasteiger charge is 2.28. The molecule has 0 spiro atoms. The van der Waals surface area contributed by atoms with Crippen molar-refractivity contribution in [2.24, 2.45) is 5.92 Å². The summed E-state index contributed by atoms with van der Waals surface area (Å²) >= 11 is 0. The quantitative estimate of drug-likeness (QED) is 0.198. The summed E-state index contributed by atoms with van der Waals surface area (Å²) in [6.07, 6.45) is 15.6. The van der Waals surface area contributed by atoms with Crippen molar-refractivity contribution in [1.29, 1.82) is 0 Å². The molecular formula is C26H42O3. The molecule has 3 nitrogen and oxygen atoms in total. The van der Waals surface area contributed by atoms with E-state index < -0.39 is 0 Å². The molecule has 0 N–H and O–H groups in total. The van der Waals surface area contributed by atoms with Gasteiger partial charge in [0, 0.05) is 6.61 Å². The Balaban J connectivity index is 2.32. The average molecular weight is 403 g/mol. The van der Waals surface area contributed by atoms with Crippen LogP contribution in [-0.4, -0.2) is 25.3 Å². The van der Waals surface area contributed by atoms with E-state index in [4.69, 9.17) is 9.47 Å². The smallest absolute Gasteiger partial charge is 0.336 e. The van der Waals surface area contributed by atoms with Crippen LogP contribution in [0.4, 0.5) is 0 Å². The van der Waals surface area contributed by atoms with Gasteiger partial charge in [-0.15, -0.1) is 0 Å². The summed E-state index contributed by atoms with van der Waals surface area (Å²) in [5, 5.41) is 0. The van der Waals surface area contributed by atoms with E-state index in [1.54, 1.807) is 0 Å². The highest BCUT2D eigenvalue weighted by molar-refractivity contribution is 5.88. The van der Waals surface area contributed by atoms with Crippen LogP contribution in [0.2, 0.25) is 0 Å². The third kappa shape index (κ3) is 11.2. The Morgan fingerprint density at radius 3 is 2.28 bits per heavy atom. The number of carbonyl (C=O) groups is 1. The number of rotatable bonds is 12. The van der Waals surface area contributed by atoms with Crippen LogP contribution >= 0.6 is 0 Å². The molecule has 0 radical (unpaired) electrons. The monoisotopic (exact) mass is 402 g/mol. The van der Waals surface area contributed by atoms with Gasteiger partial charge in [-0.2, -0.15) is 0 Å². The molecular weight excluding hydrogens is 360 g/mol. The largest absolute Gasteiger partial charge is 0.463 e. The molecule has 1 rings (SSSR count). The molecule has 0 unspecified atom stereocenters. The first-order chi connectivity index (χ1) is 13.8. The topological polar surface area (TPSA) is 35.5 Å². The summed E-state index contributed by atoms with van der Waals surface area (Å²) in [5.41, 5.74) is 4.83. The maximum Gasteiger partial charge on any atom is 0.336 e. The first-order valence-electron chi connectivity index (χ1n) is 11.3. The van der Waals surface area contributed by atoms with Gasteiger partial charge in [-0.05, 0) is 91.9 Å². The van der Waals surface area contributed by atoms with Crippen LogP contribution in [0.15, 0.2) is 47.1 Å². The van der Waals surface area contributed by atoms with E-state index >= 15 is 0 Å². The number of hydrogen-bond acceptors (Lipinski definition) is 3. The van der Waals surface area contributed by atoms with Gasteiger partial charge in [0.25, 0.3) is 0 Å². The molecule has 1 aliphatic rings. The van der Waals surface area contributed by atoms with Crippen molar-refractivity contribution < 1.29 is 14.3 Å². The summed E-state index contributed by atoms with van der Waals surface area (Å²) in [6.45, 7) is 15.6. The second kappa shape index (κ2) is 14.4. The van der Waals surface area contributed by atoms with Gasteiger partial charge in [0.1, 0.15) is 0 Å². The molecule has 0 aromatic carbocycles. The lowest BCUT2D eigenvalue weighted by molar-refractivity contribution is -0.140. The molecule has 1 fully saturated rings.